The second-order valence-corrected chi connectivity index (χ2v) is 9.08. The number of nitrogens with one attached hydrogen (secondary N) is 1. The highest BCUT2D eigenvalue weighted by atomic mass is 16.4. The van der Waals surface area contributed by atoms with E-state index in [9.17, 15) is 4.79 Å². The quantitative estimate of drug-likeness (QED) is 0.805. The molecule has 4 heteroatoms. The zero-order chi connectivity index (χ0) is 18.3. The van der Waals surface area contributed by atoms with E-state index in [1.165, 1.54) is 38.5 Å². The highest BCUT2D eigenvalue weighted by Gasteiger charge is 2.51. The van der Waals surface area contributed by atoms with Gasteiger partial charge in [-0.05, 0) is 62.7 Å². The van der Waals surface area contributed by atoms with Crippen molar-refractivity contribution in [3.05, 3.63) is 42.4 Å². The number of hydrogen-bond acceptors (Lipinski definition) is 3. The molecule has 4 aliphatic rings. The number of oxazole rings is 1. The van der Waals surface area contributed by atoms with Crippen LogP contribution in [0.15, 0.2) is 40.9 Å². The van der Waals surface area contributed by atoms with E-state index in [-0.39, 0.29) is 11.4 Å². The van der Waals surface area contributed by atoms with Gasteiger partial charge in [-0.2, -0.15) is 0 Å². The molecule has 4 saturated carbocycles. The maximum Gasteiger partial charge on any atom is 0.220 e. The second kappa shape index (κ2) is 6.81. The van der Waals surface area contributed by atoms with Crippen LogP contribution >= 0.6 is 0 Å². The van der Waals surface area contributed by atoms with Crippen molar-refractivity contribution in [2.24, 2.45) is 17.8 Å². The normalized spacial score (nSPS) is 31.2. The van der Waals surface area contributed by atoms with E-state index >= 15 is 0 Å². The summed E-state index contributed by atoms with van der Waals surface area (Å²) < 4.78 is 5.84. The van der Waals surface area contributed by atoms with Crippen LogP contribution in [-0.2, 0) is 11.2 Å². The molecule has 0 unspecified atom stereocenters. The third-order valence-corrected chi connectivity index (χ3v) is 6.85. The van der Waals surface area contributed by atoms with Crippen LogP contribution in [0.25, 0.3) is 11.3 Å². The second-order valence-electron chi connectivity index (χ2n) is 9.08. The van der Waals surface area contributed by atoms with Crippen LogP contribution < -0.4 is 5.32 Å². The molecule has 2 aromatic rings. The summed E-state index contributed by atoms with van der Waals surface area (Å²) in [5.41, 5.74) is 1.16. The monoisotopic (exact) mass is 364 g/mol. The summed E-state index contributed by atoms with van der Waals surface area (Å²) in [6, 6.07) is 10.0. The molecule has 1 amide bonds. The first kappa shape index (κ1) is 17.0. The molecule has 142 valence electrons. The Kier molecular flexibility index (Phi) is 4.30. The van der Waals surface area contributed by atoms with Crippen LogP contribution in [-0.4, -0.2) is 16.4 Å². The third-order valence-electron chi connectivity index (χ3n) is 6.85. The van der Waals surface area contributed by atoms with Gasteiger partial charge >= 0.3 is 0 Å². The molecule has 27 heavy (non-hydrogen) atoms. The van der Waals surface area contributed by atoms with Crippen molar-refractivity contribution in [3.8, 4) is 11.3 Å². The largest absolute Gasteiger partial charge is 0.441 e. The number of rotatable bonds is 6. The molecule has 1 aromatic carbocycles. The van der Waals surface area contributed by atoms with E-state index in [2.05, 4.69) is 10.3 Å². The van der Waals surface area contributed by atoms with Gasteiger partial charge in [-0.1, -0.05) is 30.3 Å². The number of aromatic nitrogens is 1. The Bertz CT molecular complexity index is 776. The van der Waals surface area contributed by atoms with Crippen molar-refractivity contribution in [2.45, 2.75) is 63.3 Å². The predicted molar refractivity (Wildman–Crippen MR) is 104 cm³/mol. The maximum atomic E-state index is 12.6. The Labute approximate surface area is 160 Å². The minimum atomic E-state index is 0.120. The molecule has 0 aliphatic heterocycles. The van der Waals surface area contributed by atoms with E-state index in [0.717, 1.165) is 41.4 Å². The summed E-state index contributed by atoms with van der Waals surface area (Å²) in [6.07, 6.45) is 11.7. The van der Waals surface area contributed by atoms with E-state index in [1.807, 2.05) is 30.3 Å². The Morgan fingerprint density at radius 2 is 1.74 bits per heavy atom. The van der Waals surface area contributed by atoms with Crippen molar-refractivity contribution >= 4 is 5.91 Å². The van der Waals surface area contributed by atoms with Crippen LogP contribution in [0.1, 0.15) is 57.3 Å². The predicted octanol–water partition coefficient (Wildman–Crippen LogP) is 4.75. The SMILES string of the molecule is O=C(CCCc1ncc(-c2ccccc2)o1)NC12CC3CC(CC(C3)C1)C2. The standard InChI is InChI=1S/C23H28N2O2/c26-21(25-23-12-16-9-17(13-23)11-18(10-16)14-23)7-4-8-22-24-15-20(27-22)19-5-2-1-3-6-19/h1-3,5-6,15-18H,4,7-14H2,(H,25,26). The lowest BCUT2D eigenvalue weighted by molar-refractivity contribution is -0.126. The fraction of sp³-hybridized carbons (Fsp3) is 0.565. The third kappa shape index (κ3) is 3.54. The van der Waals surface area contributed by atoms with Crippen LogP contribution in [0.5, 0.6) is 0 Å². The van der Waals surface area contributed by atoms with Crippen molar-refractivity contribution < 1.29 is 9.21 Å². The molecule has 4 bridgehead atoms. The highest BCUT2D eigenvalue weighted by molar-refractivity contribution is 5.76. The summed E-state index contributed by atoms with van der Waals surface area (Å²) in [6.45, 7) is 0. The Morgan fingerprint density at radius 1 is 1.07 bits per heavy atom. The number of amides is 1. The summed E-state index contributed by atoms with van der Waals surface area (Å²) in [5, 5.41) is 3.45. The average Bonchev–Trinajstić information content (AvgIpc) is 3.10. The summed E-state index contributed by atoms with van der Waals surface area (Å²) in [4.78, 5) is 17.0. The molecule has 4 nitrogen and oxygen atoms in total. The van der Waals surface area contributed by atoms with Gasteiger partial charge in [0.2, 0.25) is 5.91 Å². The summed E-state index contributed by atoms with van der Waals surface area (Å²) in [5.74, 6) is 4.31. The molecule has 6 rings (SSSR count). The van der Waals surface area contributed by atoms with Gasteiger partial charge in [0.1, 0.15) is 0 Å². The van der Waals surface area contributed by atoms with Gasteiger partial charge in [-0.25, -0.2) is 4.98 Å². The average molecular weight is 364 g/mol. The molecule has 1 N–H and O–H groups in total. The van der Waals surface area contributed by atoms with Gasteiger partial charge in [0.05, 0.1) is 6.20 Å². The maximum absolute atomic E-state index is 12.6. The van der Waals surface area contributed by atoms with E-state index < -0.39 is 0 Å². The van der Waals surface area contributed by atoms with Crippen LogP contribution in [0.3, 0.4) is 0 Å². The number of carbonyl (C=O) groups excluding carboxylic acids is 1. The number of hydrogen-bond donors (Lipinski definition) is 1. The Hall–Kier alpha value is -2.10. The van der Waals surface area contributed by atoms with Gasteiger partial charge in [0, 0.05) is 23.9 Å². The molecule has 1 heterocycles. The minimum Gasteiger partial charge on any atom is -0.441 e. The summed E-state index contributed by atoms with van der Waals surface area (Å²) in [7, 11) is 0. The molecule has 0 spiro atoms. The first-order valence-corrected chi connectivity index (χ1v) is 10.5. The van der Waals surface area contributed by atoms with Crippen molar-refractivity contribution in [3.63, 3.8) is 0 Å². The zero-order valence-corrected chi connectivity index (χ0v) is 15.8. The minimum absolute atomic E-state index is 0.120. The highest BCUT2D eigenvalue weighted by Crippen LogP contribution is 2.55. The molecule has 0 saturated heterocycles. The first-order chi connectivity index (χ1) is 13.2. The lowest BCUT2D eigenvalue weighted by Crippen LogP contribution is -2.59. The number of nitrogens with zero attached hydrogens (tertiary/aromatic N) is 1. The Morgan fingerprint density at radius 3 is 2.41 bits per heavy atom. The summed E-state index contributed by atoms with van der Waals surface area (Å²) >= 11 is 0. The molecule has 4 fully saturated rings. The fourth-order valence-electron chi connectivity index (χ4n) is 6.18. The number of aryl methyl sites for hydroxylation is 1. The molecular weight excluding hydrogens is 336 g/mol. The lowest BCUT2D eigenvalue weighted by atomic mass is 9.53. The van der Waals surface area contributed by atoms with Crippen molar-refractivity contribution in [1.82, 2.24) is 10.3 Å². The van der Waals surface area contributed by atoms with Gasteiger partial charge in [0.25, 0.3) is 0 Å². The lowest BCUT2D eigenvalue weighted by Gasteiger charge is -2.56. The van der Waals surface area contributed by atoms with E-state index in [0.29, 0.717) is 12.8 Å². The Balaban J connectivity index is 1.13. The first-order valence-electron chi connectivity index (χ1n) is 10.5. The van der Waals surface area contributed by atoms with E-state index in [4.69, 9.17) is 4.42 Å². The molecular formula is C23H28N2O2. The fourth-order valence-corrected chi connectivity index (χ4v) is 6.18. The van der Waals surface area contributed by atoms with Crippen LogP contribution in [0.2, 0.25) is 0 Å². The van der Waals surface area contributed by atoms with Gasteiger partial charge < -0.3 is 9.73 Å². The number of carbonyl (C=O) groups is 1. The van der Waals surface area contributed by atoms with Gasteiger partial charge in [-0.3, -0.25) is 4.79 Å². The molecule has 1 aromatic heterocycles. The zero-order valence-electron chi connectivity index (χ0n) is 15.8. The van der Waals surface area contributed by atoms with E-state index in [1.54, 1.807) is 6.20 Å². The topological polar surface area (TPSA) is 55.1 Å². The van der Waals surface area contributed by atoms with Crippen LogP contribution in [0.4, 0.5) is 0 Å². The van der Waals surface area contributed by atoms with Crippen LogP contribution in [0, 0.1) is 17.8 Å². The molecule has 4 aliphatic carbocycles. The van der Waals surface area contributed by atoms with Crippen molar-refractivity contribution in [1.29, 1.82) is 0 Å². The van der Waals surface area contributed by atoms with Gasteiger partial charge in [0.15, 0.2) is 11.7 Å². The van der Waals surface area contributed by atoms with Crippen molar-refractivity contribution in [2.75, 3.05) is 0 Å². The smallest absolute Gasteiger partial charge is 0.220 e. The molecule has 0 radical (unpaired) electrons. The molecule has 0 atom stereocenters. The number of benzene rings is 1. The van der Waals surface area contributed by atoms with Gasteiger partial charge in [-0.15, -0.1) is 0 Å².